The van der Waals surface area contributed by atoms with Gasteiger partial charge in [0.2, 0.25) is 10.9 Å². The fourth-order valence-electron chi connectivity index (χ4n) is 1.77. The van der Waals surface area contributed by atoms with E-state index in [0.29, 0.717) is 17.2 Å². The Morgan fingerprint density at radius 2 is 2.14 bits per heavy atom. The molecule has 0 radical (unpaired) electrons. The fraction of sp³-hybridized carbons (Fsp3) is 0.231. The molecule has 3 aromatic heterocycles. The van der Waals surface area contributed by atoms with E-state index >= 15 is 0 Å². The lowest BCUT2D eigenvalue weighted by Crippen LogP contribution is -2.22. The predicted molar refractivity (Wildman–Crippen MR) is 79.7 cm³/mol. The molecule has 0 fully saturated rings. The van der Waals surface area contributed by atoms with Crippen molar-refractivity contribution in [1.29, 1.82) is 0 Å². The van der Waals surface area contributed by atoms with Crippen LogP contribution in [0.25, 0.3) is 11.5 Å². The molecule has 116 valence electrons. The number of furan rings is 1. The quantitative estimate of drug-likeness (QED) is 0.740. The van der Waals surface area contributed by atoms with Gasteiger partial charge in [-0.25, -0.2) is 18.1 Å². The number of nitrogens with zero attached hydrogens (tertiary/aromatic N) is 2. The van der Waals surface area contributed by atoms with Gasteiger partial charge >= 0.3 is 0 Å². The van der Waals surface area contributed by atoms with E-state index in [1.165, 1.54) is 29.7 Å². The topological polar surface area (TPSA) is 98.2 Å². The van der Waals surface area contributed by atoms with Gasteiger partial charge in [-0.2, -0.15) is 0 Å². The van der Waals surface area contributed by atoms with E-state index in [9.17, 15) is 8.42 Å². The molecule has 3 aromatic rings. The van der Waals surface area contributed by atoms with Gasteiger partial charge in [-0.1, -0.05) is 12.1 Å². The third-order valence-corrected chi connectivity index (χ3v) is 5.19. The maximum Gasteiger partial charge on any atom is 0.274 e. The van der Waals surface area contributed by atoms with Gasteiger partial charge in [-0.3, -0.25) is 0 Å². The van der Waals surface area contributed by atoms with Crippen molar-refractivity contribution < 1.29 is 17.4 Å². The Morgan fingerprint density at radius 3 is 2.82 bits per heavy atom. The summed E-state index contributed by atoms with van der Waals surface area (Å²) in [5.41, 5.74) is 0.687. The summed E-state index contributed by atoms with van der Waals surface area (Å²) in [6.45, 7) is 2.12. The van der Waals surface area contributed by atoms with Gasteiger partial charge in [-0.05, 0) is 18.6 Å². The second kappa shape index (κ2) is 6.03. The second-order valence-electron chi connectivity index (χ2n) is 4.41. The van der Waals surface area contributed by atoms with E-state index in [4.69, 9.17) is 8.94 Å². The smallest absolute Gasteiger partial charge is 0.274 e. The fourth-order valence-corrected chi connectivity index (χ4v) is 3.44. The van der Waals surface area contributed by atoms with E-state index in [0.717, 1.165) is 11.4 Å². The minimum atomic E-state index is -3.74. The molecule has 0 amide bonds. The zero-order chi connectivity index (χ0) is 15.6. The normalized spacial score (nSPS) is 11.9. The van der Waals surface area contributed by atoms with Crippen LogP contribution < -0.4 is 4.72 Å². The molecular weight excluding hydrogens is 326 g/mol. The summed E-state index contributed by atoms with van der Waals surface area (Å²) in [5.74, 6) is 0.674. The second-order valence-corrected chi connectivity index (χ2v) is 7.05. The molecule has 0 bridgehead atoms. The van der Waals surface area contributed by atoms with Crippen molar-refractivity contribution in [1.82, 2.24) is 14.9 Å². The number of aryl methyl sites for hydroxylation is 1. The first-order chi connectivity index (χ1) is 10.6. The van der Waals surface area contributed by atoms with E-state index in [2.05, 4.69) is 14.9 Å². The summed E-state index contributed by atoms with van der Waals surface area (Å²) in [5, 5.41) is 6.18. The molecule has 0 aromatic carbocycles. The minimum absolute atomic E-state index is 0.122. The summed E-state index contributed by atoms with van der Waals surface area (Å²) in [6.07, 6.45) is 2.29. The van der Waals surface area contributed by atoms with Gasteiger partial charge in [-0.15, -0.1) is 11.3 Å². The molecule has 9 heteroatoms. The highest BCUT2D eigenvalue weighted by molar-refractivity contribution is 7.89. The molecule has 0 unspecified atom stereocenters. The zero-order valence-corrected chi connectivity index (χ0v) is 13.3. The van der Waals surface area contributed by atoms with Crippen molar-refractivity contribution in [3.8, 4) is 11.5 Å². The van der Waals surface area contributed by atoms with Crippen molar-refractivity contribution in [2.24, 2.45) is 0 Å². The standard InChI is InChI=1S/C13H13N3O4S2/c1-2-12-16-9(8-21-12)7-15-22(17,18)13-4-3-10(19-13)11-5-6-14-20-11/h3-6,8,15H,2,7H2,1H3. The molecule has 0 aliphatic carbocycles. The van der Waals surface area contributed by atoms with Crippen molar-refractivity contribution in [3.05, 3.63) is 40.5 Å². The van der Waals surface area contributed by atoms with E-state index in [-0.39, 0.29) is 11.6 Å². The lowest BCUT2D eigenvalue weighted by Gasteiger charge is -2.01. The molecule has 1 N–H and O–H groups in total. The highest BCUT2D eigenvalue weighted by Crippen LogP contribution is 2.24. The first-order valence-electron chi connectivity index (χ1n) is 6.52. The van der Waals surface area contributed by atoms with Gasteiger partial charge in [0.1, 0.15) is 0 Å². The number of hydrogen-bond acceptors (Lipinski definition) is 7. The van der Waals surface area contributed by atoms with Crippen LogP contribution in [-0.2, 0) is 23.0 Å². The van der Waals surface area contributed by atoms with Gasteiger partial charge in [0.25, 0.3) is 10.0 Å². The maximum atomic E-state index is 12.2. The summed E-state index contributed by atoms with van der Waals surface area (Å²) in [4.78, 5) is 4.31. The molecular formula is C13H13N3O4S2. The van der Waals surface area contributed by atoms with Crippen molar-refractivity contribution in [3.63, 3.8) is 0 Å². The monoisotopic (exact) mass is 339 g/mol. The Bertz CT molecular complexity index is 850. The van der Waals surface area contributed by atoms with Gasteiger partial charge in [0.05, 0.1) is 23.4 Å². The van der Waals surface area contributed by atoms with Gasteiger partial charge < -0.3 is 8.94 Å². The Balaban J connectivity index is 1.72. The number of hydrogen-bond donors (Lipinski definition) is 1. The number of thiazole rings is 1. The van der Waals surface area contributed by atoms with Crippen LogP contribution >= 0.6 is 11.3 Å². The van der Waals surface area contributed by atoms with Gasteiger partial charge in [0, 0.05) is 11.4 Å². The molecule has 0 saturated carbocycles. The number of aromatic nitrogens is 2. The highest BCUT2D eigenvalue weighted by atomic mass is 32.2. The van der Waals surface area contributed by atoms with Crippen LogP contribution in [0.15, 0.2) is 43.8 Å². The molecule has 0 aliphatic rings. The molecule has 0 atom stereocenters. The van der Waals surface area contributed by atoms with Gasteiger partial charge in [0.15, 0.2) is 5.76 Å². The number of nitrogens with one attached hydrogen (secondary N) is 1. The first kappa shape index (κ1) is 14.9. The molecule has 22 heavy (non-hydrogen) atoms. The summed E-state index contributed by atoms with van der Waals surface area (Å²) < 4.78 is 37.1. The van der Waals surface area contributed by atoms with Crippen molar-refractivity contribution in [2.45, 2.75) is 25.0 Å². The molecule has 3 heterocycles. The van der Waals surface area contributed by atoms with Crippen LogP contribution in [0.1, 0.15) is 17.6 Å². The molecule has 0 saturated heterocycles. The Kier molecular flexibility index (Phi) is 4.10. The lowest BCUT2D eigenvalue weighted by atomic mass is 10.4. The number of sulfonamides is 1. The zero-order valence-electron chi connectivity index (χ0n) is 11.6. The third kappa shape index (κ3) is 3.11. The SMILES string of the molecule is CCc1nc(CNS(=O)(=O)c2ccc(-c3ccno3)o2)cs1. The van der Waals surface area contributed by atoms with E-state index in [1.54, 1.807) is 6.07 Å². The first-order valence-corrected chi connectivity index (χ1v) is 8.88. The van der Waals surface area contributed by atoms with Crippen LogP contribution in [0.5, 0.6) is 0 Å². The Hall–Kier alpha value is -1.97. The summed E-state index contributed by atoms with van der Waals surface area (Å²) in [6, 6.07) is 4.48. The third-order valence-electron chi connectivity index (χ3n) is 2.87. The molecule has 3 rings (SSSR count). The van der Waals surface area contributed by atoms with Crippen LogP contribution in [0.4, 0.5) is 0 Å². The molecule has 7 nitrogen and oxygen atoms in total. The van der Waals surface area contributed by atoms with E-state index in [1.807, 2.05) is 12.3 Å². The van der Waals surface area contributed by atoms with Crippen LogP contribution in [0.2, 0.25) is 0 Å². The maximum absolute atomic E-state index is 12.2. The largest absolute Gasteiger partial charge is 0.440 e. The predicted octanol–water partition coefficient (Wildman–Crippen LogP) is 2.43. The van der Waals surface area contributed by atoms with Crippen molar-refractivity contribution >= 4 is 21.4 Å². The Labute approximate surface area is 131 Å². The minimum Gasteiger partial charge on any atom is -0.440 e. The van der Waals surface area contributed by atoms with Crippen LogP contribution in [0, 0.1) is 0 Å². The van der Waals surface area contributed by atoms with E-state index < -0.39 is 10.0 Å². The van der Waals surface area contributed by atoms with Crippen LogP contribution in [-0.4, -0.2) is 18.6 Å². The Morgan fingerprint density at radius 1 is 1.27 bits per heavy atom. The van der Waals surface area contributed by atoms with Crippen molar-refractivity contribution in [2.75, 3.05) is 0 Å². The highest BCUT2D eigenvalue weighted by Gasteiger charge is 2.20. The summed E-state index contributed by atoms with van der Waals surface area (Å²) in [7, 11) is -3.74. The molecule has 0 aliphatic heterocycles. The number of rotatable bonds is 6. The van der Waals surface area contributed by atoms with Crippen LogP contribution in [0.3, 0.4) is 0 Å². The average molecular weight is 339 g/mol. The summed E-state index contributed by atoms with van der Waals surface area (Å²) >= 11 is 1.51. The lowest BCUT2D eigenvalue weighted by molar-refractivity contribution is 0.400. The molecule has 0 spiro atoms. The average Bonchev–Trinajstić information content (AvgIpc) is 3.24.